The highest BCUT2D eigenvalue weighted by atomic mass is 35.5. The Morgan fingerprint density at radius 1 is 1.16 bits per heavy atom. The first-order valence-electron chi connectivity index (χ1n) is 11.9. The van der Waals surface area contributed by atoms with Gasteiger partial charge in [0.2, 0.25) is 0 Å². The molecule has 1 aliphatic rings. The highest BCUT2D eigenvalue weighted by molar-refractivity contribution is 7.17. The van der Waals surface area contributed by atoms with E-state index in [-0.39, 0.29) is 19.2 Å². The van der Waals surface area contributed by atoms with Gasteiger partial charge >= 0.3 is 18.1 Å². The van der Waals surface area contributed by atoms with Crippen LogP contribution in [0.5, 0.6) is 5.75 Å². The van der Waals surface area contributed by atoms with E-state index in [2.05, 4.69) is 14.9 Å². The zero-order valence-corrected chi connectivity index (χ0v) is 22.4. The number of carbonyl (C=O) groups is 2. The summed E-state index contributed by atoms with van der Waals surface area (Å²) in [5, 5.41) is 10.7. The summed E-state index contributed by atoms with van der Waals surface area (Å²) in [5.41, 5.74) is 3.84. The zero-order chi connectivity index (χ0) is 27.6. The van der Waals surface area contributed by atoms with Gasteiger partial charge in [-0.3, -0.25) is 9.69 Å². The van der Waals surface area contributed by atoms with Crippen LogP contribution in [0.15, 0.2) is 36.4 Å². The number of likely N-dealkylation sites (tertiary alicyclic amines) is 1. The van der Waals surface area contributed by atoms with Gasteiger partial charge in [-0.2, -0.15) is 13.2 Å². The maximum absolute atomic E-state index is 12.3. The highest BCUT2D eigenvalue weighted by Crippen LogP contribution is 2.37. The number of hydrogen-bond acceptors (Lipinski definition) is 8. The van der Waals surface area contributed by atoms with Crippen LogP contribution in [0, 0.1) is 5.92 Å². The van der Waals surface area contributed by atoms with Crippen molar-refractivity contribution in [3.63, 3.8) is 0 Å². The highest BCUT2D eigenvalue weighted by Gasteiger charge is 2.45. The lowest BCUT2D eigenvalue weighted by molar-refractivity contribution is -0.204. The number of benzene rings is 2. The van der Waals surface area contributed by atoms with Crippen molar-refractivity contribution in [2.75, 3.05) is 13.1 Å². The van der Waals surface area contributed by atoms with Crippen LogP contribution in [0.3, 0.4) is 0 Å². The van der Waals surface area contributed by atoms with Gasteiger partial charge in [0.1, 0.15) is 15.8 Å². The molecule has 12 heteroatoms. The van der Waals surface area contributed by atoms with Crippen molar-refractivity contribution in [2.24, 2.45) is 5.92 Å². The molecule has 0 aliphatic carbocycles. The van der Waals surface area contributed by atoms with Gasteiger partial charge in [0, 0.05) is 30.8 Å². The second-order valence-electron chi connectivity index (χ2n) is 9.12. The topological polar surface area (TPSA) is 81.6 Å². The predicted molar refractivity (Wildman–Crippen MR) is 137 cm³/mol. The Bertz CT molecular complexity index is 1340. The second kappa shape index (κ2) is 11.4. The van der Waals surface area contributed by atoms with E-state index in [4.69, 9.17) is 16.3 Å². The Balaban J connectivity index is 1.45. The van der Waals surface area contributed by atoms with Crippen LogP contribution in [0.4, 0.5) is 13.2 Å². The van der Waals surface area contributed by atoms with Gasteiger partial charge < -0.3 is 9.47 Å². The number of esters is 2. The molecule has 1 aromatic heterocycles. The Morgan fingerprint density at radius 2 is 1.87 bits per heavy atom. The van der Waals surface area contributed by atoms with Gasteiger partial charge in [-0.05, 0) is 49.6 Å². The summed E-state index contributed by atoms with van der Waals surface area (Å²) in [4.78, 5) is 24.7. The lowest BCUT2D eigenvalue weighted by Crippen LogP contribution is -2.51. The summed E-state index contributed by atoms with van der Waals surface area (Å²) in [6.07, 6.45) is -4.48. The standard InChI is InChI=1S/C26H25ClF3N3O4S/c1-4-18-16(11-33-12-17(13-33)24(34)37-25(35)26(28,29)30)6-5-7-19(18)23-32-31-22(38-23)15-8-9-21(20(27)10-15)36-14(2)3/h5-10,14,17H,4,11-13H2,1-3H3. The van der Waals surface area contributed by atoms with Crippen molar-refractivity contribution in [1.29, 1.82) is 0 Å². The van der Waals surface area contributed by atoms with E-state index in [9.17, 15) is 22.8 Å². The van der Waals surface area contributed by atoms with Gasteiger partial charge in [0.15, 0.2) is 0 Å². The minimum Gasteiger partial charge on any atom is -0.489 e. The first kappa shape index (κ1) is 28.0. The van der Waals surface area contributed by atoms with E-state index in [0.29, 0.717) is 28.7 Å². The molecule has 0 bridgehead atoms. The molecule has 2 heterocycles. The van der Waals surface area contributed by atoms with Gasteiger partial charge in [-0.25, -0.2) is 4.79 Å². The fourth-order valence-corrected chi connectivity index (χ4v) is 5.27. The number of ether oxygens (including phenoxy) is 2. The normalized spacial score (nSPS) is 14.4. The van der Waals surface area contributed by atoms with Crippen LogP contribution in [0.25, 0.3) is 21.1 Å². The Hall–Kier alpha value is -3.02. The van der Waals surface area contributed by atoms with Crippen LogP contribution in [-0.4, -0.2) is 52.4 Å². The van der Waals surface area contributed by atoms with Crippen molar-refractivity contribution in [2.45, 2.75) is 46.0 Å². The lowest BCUT2D eigenvalue weighted by atomic mass is 9.95. The summed E-state index contributed by atoms with van der Waals surface area (Å²) in [5.74, 6) is -3.81. The number of aromatic nitrogens is 2. The molecule has 0 N–H and O–H groups in total. The van der Waals surface area contributed by atoms with E-state index in [1.807, 2.05) is 56.0 Å². The molecule has 1 fully saturated rings. The van der Waals surface area contributed by atoms with Crippen molar-refractivity contribution < 1.29 is 32.2 Å². The van der Waals surface area contributed by atoms with Gasteiger partial charge in [0.05, 0.1) is 17.0 Å². The van der Waals surface area contributed by atoms with Crippen LogP contribution in [-0.2, 0) is 27.3 Å². The number of alkyl halides is 3. The maximum Gasteiger partial charge on any atom is 0.491 e. The average molecular weight is 568 g/mol. The molecule has 0 saturated carbocycles. The van der Waals surface area contributed by atoms with E-state index >= 15 is 0 Å². The Morgan fingerprint density at radius 3 is 2.50 bits per heavy atom. The molecule has 2 aromatic carbocycles. The third kappa shape index (κ3) is 6.33. The molecule has 0 spiro atoms. The van der Waals surface area contributed by atoms with E-state index in [1.54, 1.807) is 6.07 Å². The monoisotopic (exact) mass is 567 g/mol. The van der Waals surface area contributed by atoms with Gasteiger partial charge in [-0.1, -0.05) is 48.1 Å². The number of carbonyl (C=O) groups excluding carboxylic acids is 2. The molecule has 4 rings (SSSR count). The second-order valence-corrected chi connectivity index (χ2v) is 10.5. The van der Waals surface area contributed by atoms with Crippen molar-refractivity contribution in [3.8, 4) is 26.9 Å². The van der Waals surface area contributed by atoms with Crippen LogP contribution in [0.2, 0.25) is 5.02 Å². The average Bonchev–Trinajstić information content (AvgIpc) is 3.31. The Labute approximate surface area is 226 Å². The minimum atomic E-state index is -5.20. The molecule has 7 nitrogen and oxygen atoms in total. The first-order valence-corrected chi connectivity index (χ1v) is 13.1. The summed E-state index contributed by atoms with van der Waals surface area (Å²) < 4.78 is 46.7. The maximum atomic E-state index is 12.3. The van der Waals surface area contributed by atoms with E-state index in [0.717, 1.165) is 27.3 Å². The SMILES string of the molecule is CCc1c(CN2CC(C(=O)OC(=O)C(F)(F)F)C2)cccc1-c1nnc(-c2ccc(OC(C)C)c(Cl)c2)s1. The van der Waals surface area contributed by atoms with Gasteiger partial charge in [0.25, 0.3) is 0 Å². The summed E-state index contributed by atoms with van der Waals surface area (Å²) in [7, 11) is 0. The molecule has 1 aliphatic heterocycles. The Kier molecular flexibility index (Phi) is 8.39. The molecular formula is C26H25ClF3N3O4S. The quantitative estimate of drug-likeness (QED) is 0.246. The van der Waals surface area contributed by atoms with Crippen molar-refractivity contribution in [3.05, 3.63) is 52.5 Å². The van der Waals surface area contributed by atoms with Crippen LogP contribution >= 0.6 is 22.9 Å². The van der Waals surface area contributed by atoms with Gasteiger partial charge in [-0.15, -0.1) is 10.2 Å². The summed E-state index contributed by atoms with van der Waals surface area (Å²) >= 11 is 7.82. The number of hydrogen-bond donors (Lipinski definition) is 0. The molecule has 0 unspecified atom stereocenters. The fraction of sp³-hybridized carbons (Fsp3) is 0.385. The van der Waals surface area contributed by atoms with Crippen molar-refractivity contribution in [1.82, 2.24) is 15.1 Å². The summed E-state index contributed by atoms with van der Waals surface area (Å²) in [6.45, 7) is 6.78. The molecule has 0 amide bonds. The van der Waals surface area contributed by atoms with Crippen molar-refractivity contribution >= 4 is 34.9 Å². The third-order valence-electron chi connectivity index (χ3n) is 5.93. The molecule has 3 aromatic rings. The number of halogens is 4. The summed E-state index contributed by atoms with van der Waals surface area (Å²) in [6, 6.07) is 11.3. The predicted octanol–water partition coefficient (Wildman–Crippen LogP) is 5.94. The molecule has 38 heavy (non-hydrogen) atoms. The smallest absolute Gasteiger partial charge is 0.489 e. The number of rotatable bonds is 8. The molecule has 0 atom stereocenters. The molecular weight excluding hydrogens is 543 g/mol. The third-order valence-corrected chi connectivity index (χ3v) is 7.23. The van der Waals surface area contributed by atoms with Crippen LogP contribution < -0.4 is 4.74 Å². The zero-order valence-electron chi connectivity index (χ0n) is 20.8. The van der Waals surface area contributed by atoms with E-state index < -0.39 is 24.0 Å². The largest absolute Gasteiger partial charge is 0.491 e. The minimum absolute atomic E-state index is 0.000723. The molecule has 0 radical (unpaired) electrons. The van der Waals surface area contributed by atoms with E-state index in [1.165, 1.54) is 11.3 Å². The van der Waals surface area contributed by atoms with Crippen LogP contribution in [0.1, 0.15) is 31.9 Å². The fourth-order valence-electron chi connectivity index (χ4n) is 4.15. The number of nitrogens with zero attached hydrogens (tertiary/aromatic N) is 3. The lowest BCUT2D eigenvalue weighted by Gasteiger charge is -2.37. The first-order chi connectivity index (χ1) is 18.0. The molecule has 202 valence electrons. The molecule has 1 saturated heterocycles.